The minimum atomic E-state index is -0.106. The summed E-state index contributed by atoms with van der Waals surface area (Å²) in [5, 5.41) is 0. The molecule has 0 saturated carbocycles. The average molecular weight is 242 g/mol. The van der Waals surface area contributed by atoms with Gasteiger partial charge in [-0.05, 0) is 12.8 Å². The molecule has 2 fully saturated rings. The molecule has 2 rings (SSSR count). The Bertz CT molecular complexity index is 176. The van der Waals surface area contributed by atoms with Gasteiger partial charge in [-0.2, -0.15) is 0 Å². The third-order valence-electron chi connectivity index (χ3n) is 3.70. The van der Waals surface area contributed by atoms with Crippen molar-refractivity contribution in [2.24, 2.45) is 0 Å². The summed E-state index contributed by atoms with van der Waals surface area (Å²) < 4.78 is 5.69. The van der Waals surface area contributed by atoms with Crippen molar-refractivity contribution in [3.05, 3.63) is 0 Å². The van der Waals surface area contributed by atoms with Crippen LogP contribution in [0.3, 0.4) is 0 Å². The molecule has 0 N–H and O–H groups in total. The van der Waals surface area contributed by atoms with E-state index in [4.69, 9.17) is 14.5 Å². The quantitative estimate of drug-likeness (QED) is 0.592. The first-order chi connectivity index (χ1) is 8.45. The zero-order chi connectivity index (χ0) is 11.8. The molecule has 2 atom stereocenters. The average Bonchev–Trinajstić information content (AvgIpc) is 2.77. The standard InChI is InChI=1S/C14H26O3/c1-2-4-6-8-10-12-14-15-13(16-17-14)11-9-7-5-3-1/h13-14H,1-12H2/t13-,14-/m0/s1. The molecule has 3 nitrogen and oxygen atoms in total. The van der Waals surface area contributed by atoms with Gasteiger partial charge in [-0.15, -0.1) is 0 Å². The van der Waals surface area contributed by atoms with Gasteiger partial charge in [0.05, 0.1) is 0 Å². The van der Waals surface area contributed by atoms with Crippen LogP contribution in [-0.2, 0) is 14.5 Å². The van der Waals surface area contributed by atoms with E-state index in [1.54, 1.807) is 0 Å². The summed E-state index contributed by atoms with van der Waals surface area (Å²) in [4.78, 5) is 10.4. The lowest BCUT2D eigenvalue weighted by atomic mass is 10.1. The summed E-state index contributed by atoms with van der Waals surface area (Å²) in [6.45, 7) is 0. The first-order valence-corrected chi connectivity index (χ1v) is 7.43. The second-order valence-electron chi connectivity index (χ2n) is 5.30. The summed E-state index contributed by atoms with van der Waals surface area (Å²) in [6, 6.07) is 0. The molecule has 0 spiro atoms. The van der Waals surface area contributed by atoms with Crippen LogP contribution in [0.25, 0.3) is 0 Å². The monoisotopic (exact) mass is 242 g/mol. The predicted octanol–water partition coefficient (Wildman–Crippen LogP) is 4.31. The maximum atomic E-state index is 5.69. The van der Waals surface area contributed by atoms with Crippen molar-refractivity contribution in [2.45, 2.75) is 89.6 Å². The molecule has 3 heteroatoms. The lowest BCUT2D eigenvalue weighted by molar-refractivity contribution is -0.298. The van der Waals surface area contributed by atoms with Crippen molar-refractivity contribution < 1.29 is 14.5 Å². The molecule has 2 aliphatic heterocycles. The van der Waals surface area contributed by atoms with Crippen LogP contribution in [0.4, 0.5) is 0 Å². The SMILES string of the molecule is C1CCCCCC[C@@H]2OO[C@@H](CCCCC1)O2. The van der Waals surface area contributed by atoms with Crippen LogP contribution in [0, 0.1) is 0 Å². The van der Waals surface area contributed by atoms with Crippen molar-refractivity contribution in [1.82, 2.24) is 0 Å². The van der Waals surface area contributed by atoms with E-state index in [1.165, 1.54) is 64.2 Å². The van der Waals surface area contributed by atoms with Crippen molar-refractivity contribution in [3.8, 4) is 0 Å². The van der Waals surface area contributed by atoms with E-state index in [2.05, 4.69) is 0 Å². The molecular weight excluding hydrogens is 216 g/mol. The maximum Gasteiger partial charge on any atom is 0.194 e. The maximum absolute atomic E-state index is 5.69. The van der Waals surface area contributed by atoms with E-state index in [1.807, 2.05) is 0 Å². The Kier molecular flexibility index (Phi) is 6.32. The number of hydrogen-bond acceptors (Lipinski definition) is 3. The molecule has 2 aliphatic rings. The topological polar surface area (TPSA) is 27.7 Å². The lowest BCUT2D eigenvalue weighted by Gasteiger charge is -2.07. The Morgan fingerprint density at radius 2 is 0.824 bits per heavy atom. The number of fused-ring (bicyclic) bond motifs is 2. The number of rotatable bonds is 0. The van der Waals surface area contributed by atoms with Crippen LogP contribution < -0.4 is 0 Å². The Morgan fingerprint density at radius 3 is 1.24 bits per heavy atom. The Morgan fingerprint density at radius 1 is 0.471 bits per heavy atom. The van der Waals surface area contributed by atoms with Gasteiger partial charge in [-0.1, -0.05) is 51.4 Å². The number of ether oxygens (including phenoxy) is 1. The molecule has 0 aliphatic carbocycles. The summed E-state index contributed by atoms with van der Waals surface area (Å²) >= 11 is 0. The molecule has 2 saturated heterocycles. The normalized spacial score (nSPS) is 33.9. The zero-order valence-electron chi connectivity index (χ0n) is 10.9. The highest BCUT2D eigenvalue weighted by atomic mass is 17.3. The van der Waals surface area contributed by atoms with Gasteiger partial charge >= 0.3 is 0 Å². The lowest BCUT2D eigenvalue weighted by Crippen LogP contribution is -2.11. The number of hydrogen-bond donors (Lipinski definition) is 0. The van der Waals surface area contributed by atoms with Gasteiger partial charge < -0.3 is 4.74 Å². The highest BCUT2D eigenvalue weighted by Crippen LogP contribution is 2.23. The summed E-state index contributed by atoms with van der Waals surface area (Å²) in [5.74, 6) is 0. The predicted molar refractivity (Wildman–Crippen MR) is 66.2 cm³/mol. The first kappa shape index (κ1) is 13.3. The third kappa shape index (κ3) is 5.36. The second-order valence-corrected chi connectivity index (χ2v) is 5.30. The highest BCUT2D eigenvalue weighted by Gasteiger charge is 2.26. The highest BCUT2D eigenvalue weighted by molar-refractivity contribution is 4.56. The van der Waals surface area contributed by atoms with Crippen molar-refractivity contribution in [2.75, 3.05) is 0 Å². The molecule has 0 aromatic rings. The molecule has 100 valence electrons. The fraction of sp³-hybridized carbons (Fsp3) is 1.00. The van der Waals surface area contributed by atoms with Crippen LogP contribution in [-0.4, -0.2) is 12.6 Å². The molecule has 0 unspecified atom stereocenters. The third-order valence-corrected chi connectivity index (χ3v) is 3.70. The summed E-state index contributed by atoms with van der Waals surface area (Å²) in [5.41, 5.74) is 0. The van der Waals surface area contributed by atoms with E-state index >= 15 is 0 Å². The Hall–Kier alpha value is -0.120. The van der Waals surface area contributed by atoms with Crippen molar-refractivity contribution in [3.63, 3.8) is 0 Å². The molecule has 0 amide bonds. The minimum Gasteiger partial charge on any atom is -0.318 e. The van der Waals surface area contributed by atoms with Crippen LogP contribution in [0.5, 0.6) is 0 Å². The van der Waals surface area contributed by atoms with Crippen LogP contribution in [0.15, 0.2) is 0 Å². The molecule has 0 radical (unpaired) electrons. The van der Waals surface area contributed by atoms with E-state index < -0.39 is 0 Å². The summed E-state index contributed by atoms with van der Waals surface area (Å²) in [6.07, 6.45) is 15.1. The van der Waals surface area contributed by atoms with Gasteiger partial charge in [0.15, 0.2) is 12.6 Å². The van der Waals surface area contributed by atoms with Gasteiger partial charge in [-0.25, -0.2) is 9.78 Å². The Balaban J connectivity index is 1.68. The second kappa shape index (κ2) is 8.06. The van der Waals surface area contributed by atoms with Crippen LogP contribution in [0.2, 0.25) is 0 Å². The minimum absolute atomic E-state index is 0.106. The molecule has 2 heterocycles. The summed E-state index contributed by atoms with van der Waals surface area (Å²) in [7, 11) is 0. The molecule has 2 bridgehead atoms. The largest absolute Gasteiger partial charge is 0.318 e. The first-order valence-electron chi connectivity index (χ1n) is 7.43. The van der Waals surface area contributed by atoms with Gasteiger partial charge in [0, 0.05) is 12.8 Å². The van der Waals surface area contributed by atoms with Gasteiger partial charge in [0.2, 0.25) is 0 Å². The van der Waals surface area contributed by atoms with Gasteiger partial charge in [-0.3, -0.25) is 0 Å². The van der Waals surface area contributed by atoms with Crippen molar-refractivity contribution >= 4 is 0 Å². The van der Waals surface area contributed by atoms with E-state index in [0.29, 0.717) is 0 Å². The van der Waals surface area contributed by atoms with Gasteiger partial charge in [0.1, 0.15) is 0 Å². The Labute approximate surface area is 105 Å². The van der Waals surface area contributed by atoms with E-state index in [-0.39, 0.29) is 12.6 Å². The molecule has 0 aromatic carbocycles. The van der Waals surface area contributed by atoms with E-state index in [0.717, 1.165) is 12.8 Å². The van der Waals surface area contributed by atoms with Crippen LogP contribution in [0.1, 0.15) is 77.0 Å². The zero-order valence-corrected chi connectivity index (χ0v) is 10.9. The molecular formula is C14H26O3. The molecule has 0 aromatic heterocycles. The van der Waals surface area contributed by atoms with Crippen LogP contribution >= 0.6 is 0 Å². The smallest absolute Gasteiger partial charge is 0.194 e. The van der Waals surface area contributed by atoms with E-state index in [9.17, 15) is 0 Å². The van der Waals surface area contributed by atoms with Crippen molar-refractivity contribution in [1.29, 1.82) is 0 Å². The molecule has 17 heavy (non-hydrogen) atoms. The fourth-order valence-corrected chi connectivity index (χ4v) is 2.61. The van der Waals surface area contributed by atoms with Gasteiger partial charge in [0.25, 0.3) is 0 Å². The fourth-order valence-electron chi connectivity index (χ4n) is 2.61.